The molecule has 5 nitrogen and oxygen atoms in total. The van der Waals surface area contributed by atoms with Gasteiger partial charge in [0.2, 0.25) is 10.0 Å². The summed E-state index contributed by atoms with van der Waals surface area (Å²) in [4.78, 5) is 7.75. The third kappa shape index (κ3) is 2.29. The second-order valence-corrected chi connectivity index (χ2v) is 8.22. The van der Waals surface area contributed by atoms with E-state index < -0.39 is 10.0 Å². The second-order valence-electron chi connectivity index (χ2n) is 4.43. The van der Waals surface area contributed by atoms with Gasteiger partial charge in [0.15, 0.2) is 9.34 Å². The number of sulfonamides is 1. The van der Waals surface area contributed by atoms with Crippen molar-refractivity contribution in [3.05, 3.63) is 28.1 Å². The number of thiophene rings is 1. The van der Waals surface area contributed by atoms with Crippen LogP contribution < -0.4 is 10.0 Å². The topological polar surface area (TPSA) is 76.3 Å². The largest absolute Gasteiger partial charge is 0.341 e. The molecule has 0 aliphatic carbocycles. The molecule has 8 heteroatoms. The summed E-state index contributed by atoms with van der Waals surface area (Å²) in [6, 6.07) is 2.35. The molecule has 102 valence electrons. The summed E-state index contributed by atoms with van der Waals surface area (Å²) in [5.41, 5.74) is 1.31. The fourth-order valence-corrected chi connectivity index (χ4v) is 4.89. The lowest BCUT2D eigenvalue weighted by Gasteiger charge is -2.33. The van der Waals surface area contributed by atoms with E-state index in [0.29, 0.717) is 5.13 Å². The molecule has 2 aromatic rings. The SMILES string of the molecule is CC1c2ccsc2CCN1c1ncc(S(N)(=O)=O)s1. The number of anilines is 1. The molecule has 0 aromatic carbocycles. The first-order valence-electron chi connectivity index (χ1n) is 5.78. The first kappa shape index (κ1) is 13.0. The molecule has 2 aromatic heterocycles. The van der Waals surface area contributed by atoms with Gasteiger partial charge in [0.25, 0.3) is 0 Å². The molecule has 19 heavy (non-hydrogen) atoms. The van der Waals surface area contributed by atoms with Crippen LogP contribution in [0.1, 0.15) is 23.4 Å². The lowest BCUT2D eigenvalue weighted by atomic mass is 10.0. The molecule has 0 spiro atoms. The maximum Gasteiger partial charge on any atom is 0.249 e. The minimum atomic E-state index is -3.66. The van der Waals surface area contributed by atoms with Crippen molar-refractivity contribution in [1.29, 1.82) is 0 Å². The van der Waals surface area contributed by atoms with Gasteiger partial charge < -0.3 is 4.90 Å². The van der Waals surface area contributed by atoms with Gasteiger partial charge in [-0.2, -0.15) is 0 Å². The van der Waals surface area contributed by atoms with Crippen molar-refractivity contribution in [1.82, 2.24) is 4.98 Å². The lowest BCUT2D eigenvalue weighted by molar-refractivity contribution is 0.599. The summed E-state index contributed by atoms with van der Waals surface area (Å²) >= 11 is 2.91. The predicted molar refractivity (Wildman–Crippen MR) is 77.3 cm³/mol. The number of fused-ring (bicyclic) bond motifs is 1. The molecule has 1 atom stereocenters. The Bertz CT molecular complexity index is 704. The summed E-state index contributed by atoms with van der Waals surface area (Å²) in [5, 5.41) is 7.94. The lowest BCUT2D eigenvalue weighted by Crippen LogP contribution is -2.32. The van der Waals surface area contributed by atoms with E-state index in [1.165, 1.54) is 16.6 Å². The Morgan fingerprint density at radius 1 is 1.53 bits per heavy atom. The minimum absolute atomic E-state index is 0.116. The van der Waals surface area contributed by atoms with Crippen LogP contribution in [0.5, 0.6) is 0 Å². The number of primary sulfonamides is 1. The Balaban J connectivity index is 1.94. The van der Waals surface area contributed by atoms with E-state index in [2.05, 4.69) is 28.3 Å². The van der Waals surface area contributed by atoms with Gasteiger partial charge in [0.05, 0.1) is 12.2 Å². The number of nitrogens with two attached hydrogens (primary N) is 1. The summed E-state index contributed by atoms with van der Waals surface area (Å²) in [6.45, 7) is 2.97. The highest BCUT2D eigenvalue weighted by molar-refractivity contribution is 7.91. The van der Waals surface area contributed by atoms with Gasteiger partial charge in [-0.15, -0.1) is 11.3 Å². The molecule has 0 fully saturated rings. The van der Waals surface area contributed by atoms with Crippen molar-refractivity contribution < 1.29 is 8.42 Å². The molecule has 0 bridgehead atoms. The van der Waals surface area contributed by atoms with E-state index in [4.69, 9.17) is 5.14 Å². The molecule has 1 aliphatic heterocycles. The third-order valence-corrected chi connectivity index (χ3v) is 6.71. The zero-order valence-corrected chi connectivity index (χ0v) is 12.7. The van der Waals surface area contributed by atoms with Crippen LogP contribution in [-0.4, -0.2) is 19.9 Å². The van der Waals surface area contributed by atoms with Crippen LogP contribution >= 0.6 is 22.7 Å². The van der Waals surface area contributed by atoms with E-state index in [1.807, 2.05) is 0 Å². The Hall–Kier alpha value is -0.960. The van der Waals surface area contributed by atoms with Gasteiger partial charge in [0.1, 0.15) is 0 Å². The fourth-order valence-electron chi connectivity index (χ4n) is 2.29. The first-order valence-corrected chi connectivity index (χ1v) is 9.02. The maximum absolute atomic E-state index is 11.3. The van der Waals surface area contributed by atoms with Crippen molar-refractivity contribution in [3.63, 3.8) is 0 Å². The highest BCUT2D eigenvalue weighted by Crippen LogP contribution is 2.37. The average molecular weight is 315 g/mol. The van der Waals surface area contributed by atoms with Gasteiger partial charge in [0, 0.05) is 11.4 Å². The number of rotatable bonds is 2. The predicted octanol–water partition coefficient (Wildman–Crippen LogP) is 1.98. The second kappa shape index (κ2) is 4.55. The normalized spacial score (nSPS) is 19.5. The van der Waals surface area contributed by atoms with E-state index in [1.54, 1.807) is 11.3 Å². The Morgan fingerprint density at radius 2 is 2.32 bits per heavy atom. The zero-order chi connectivity index (χ0) is 13.6. The standard InChI is InChI=1S/C11H13N3O2S3/c1-7-8-3-5-17-9(8)2-4-14(7)11-13-6-10(18-11)19(12,15)16/h3,5-7H,2,4H2,1H3,(H2,12,15,16). The van der Waals surface area contributed by atoms with Crippen molar-refractivity contribution in [2.75, 3.05) is 11.4 Å². The number of aromatic nitrogens is 1. The van der Waals surface area contributed by atoms with E-state index in [9.17, 15) is 8.42 Å². The molecule has 1 unspecified atom stereocenters. The number of hydrogen-bond donors (Lipinski definition) is 1. The summed E-state index contributed by atoms with van der Waals surface area (Å²) < 4.78 is 22.7. The number of thiazole rings is 1. The smallest absolute Gasteiger partial charge is 0.249 e. The van der Waals surface area contributed by atoms with Crippen LogP contribution in [0.15, 0.2) is 21.9 Å². The van der Waals surface area contributed by atoms with Crippen LogP contribution in [0.2, 0.25) is 0 Å². The molecule has 2 N–H and O–H groups in total. The highest BCUT2D eigenvalue weighted by Gasteiger charge is 2.27. The van der Waals surface area contributed by atoms with Gasteiger partial charge in [-0.05, 0) is 30.4 Å². The van der Waals surface area contributed by atoms with Crippen LogP contribution in [0.3, 0.4) is 0 Å². The summed E-state index contributed by atoms with van der Waals surface area (Å²) in [6.07, 6.45) is 2.31. The van der Waals surface area contributed by atoms with Crippen LogP contribution in [0.4, 0.5) is 5.13 Å². The fraction of sp³-hybridized carbons (Fsp3) is 0.364. The molecule has 3 heterocycles. The molecule has 0 saturated heterocycles. The van der Waals surface area contributed by atoms with Gasteiger partial charge in [-0.3, -0.25) is 0 Å². The highest BCUT2D eigenvalue weighted by atomic mass is 32.2. The number of hydrogen-bond acceptors (Lipinski definition) is 6. The molecule has 0 radical (unpaired) electrons. The quantitative estimate of drug-likeness (QED) is 0.919. The molecule has 0 amide bonds. The van der Waals surface area contributed by atoms with Crippen molar-refractivity contribution in [2.24, 2.45) is 5.14 Å². The van der Waals surface area contributed by atoms with Crippen LogP contribution in [0.25, 0.3) is 0 Å². The summed E-state index contributed by atoms with van der Waals surface area (Å²) in [5.74, 6) is 0. The van der Waals surface area contributed by atoms with Gasteiger partial charge in [-0.1, -0.05) is 11.3 Å². The number of nitrogens with zero attached hydrogens (tertiary/aromatic N) is 2. The van der Waals surface area contributed by atoms with E-state index >= 15 is 0 Å². The molecule has 0 saturated carbocycles. The van der Waals surface area contributed by atoms with Crippen molar-refractivity contribution in [3.8, 4) is 0 Å². The average Bonchev–Trinajstić information content (AvgIpc) is 2.96. The molecular weight excluding hydrogens is 302 g/mol. The minimum Gasteiger partial charge on any atom is -0.341 e. The zero-order valence-electron chi connectivity index (χ0n) is 10.2. The van der Waals surface area contributed by atoms with Crippen molar-refractivity contribution in [2.45, 2.75) is 23.6 Å². The van der Waals surface area contributed by atoms with Crippen molar-refractivity contribution >= 4 is 37.8 Å². The van der Waals surface area contributed by atoms with E-state index in [-0.39, 0.29) is 10.3 Å². The van der Waals surface area contributed by atoms with E-state index in [0.717, 1.165) is 24.3 Å². The van der Waals surface area contributed by atoms with Crippen LogP contribution in [0, 0.1) is 0 Å². The molecule has 3 rings (SSSR count). The maximum atomic E-state index is 11.3. The Morgan fingerprint density at radius 3 is 3.00 bits per heavy atom. The Kier molecular flexibility index (Phi) is 3.12. The van der Waals surface area contributed by atoms with Gasteiger partial charge in [-0.25, -0.2) is 18.5 Å². The third-order valence-electron chi connectivity index (χ3n) is 3.28. The van der Waals surface area contributed by atoms with Gasteiger partial charge >= 0.3 is 0 Å². The molecule has 1 aliphatic rings. The first-order chi connectivity index (χ1) is 8.97. The monoisotopic (exact) mass is 315 g/mol. The molecular formula is C11H13N3O2S3. The Labute approximate surface area is 119 Å². The summed E-state index contributed by atoms with van der Waals surface area (Å²) in [7, 11) is -3.66. The van der Waals surface area contributed by atoms with Crippen LogP contribution in [-0.2, 0) is 16.4 Å².